The highest BCUT2D eigenvalue weighted by molar-refractivity contribution is 5.90. The minimum absolute atomic E-state index is 0.319. The van der Waals surface area contributed by atoms with Gasteiger partial charge in [0.15, 0.2) is 6.20 Å². The van der Waals surface area contributed by atoms with Gasteiger partial charge in [0, 0.05) is 18.2 Å². The van der Waals surface area contributed by atoms with Crippen molar-refractivity contribution in [2.75, 3.05) is 7.11 Å². The second-order valence-corrected chi connectivity index (χ2v) is 4.19. The fourth-order valence-electron chi connectivity index (χ4n) is 1.78. The van der Waals surface area contributed by atoms with Gasteiger partial charge in [-0.25, -0.2) is 9.36 Å². The van der Waals surface area contributed by atoms with E-state index < -0.39 is 0 Å². The van der Waals surface area contributed by atoms with E-state index in [0.29, 0.717) is 5.56 Å². The molecule has 0 radical (unpaired) electrons. The third-order valence-electron chi connectivity index (χ3n) is 2.85. The molecule has 0 aliphatic rings. The van der Waals surface area contributed by atoms with Crippen LogP contribution in [0.1, 0.15) is 21.6 Å². The summed E-state index contributed by atoms with van der Waals surface area (Å²) >= 11 is 0. The largest absolute Gasteiger partial charge is 0.465 e. The summed E-state index contributed by atoms with van der Waals surface area (Å²) in [6.45, 7) is 0. The van der Waals surface area contributed by atoms with E-state index in [1.807, 2.05) is 66.4 Å². The minimum Gasteiger partial charge on any atom is -0.465 e. The van der Waals surface area contributed by atoms with Crippen molar-refractivity contribution in [3.05, 3.63) is 65.5 Å². The third kappa shape index (κ3) is 3.28. The number of ether oxygens (including phenoxy) is 1. The monoisotopic (exact) mass is 254 g/mol. The molecule has 0 fully saturated rings. The SMILES string of the molecule is COC(=O)c1cccc(/C=C/c2cccc[n+]2C)c1. The lowest BCUT2D eigenvalue weighted by Crippen LogP contribution is -2.30. The number of hydrogen-bond donors (Lipinski definition) is 0. The number of carbonyl (C=O) groups excluding carboxylic acids is 1. The molecule has 2 aromatic rings. The zero-order valence-electron chi connectivity index (χ0n) is 11.0. The quantitative estimate of drug-likeness (QED) is 0.622. The molecule has 0 unspecified atom stereocenters. The highest BCUT2D eigenvalue weighted by Crippen LogP contribution is 2.09. The summed E-state index contributed by atoms with van der Waals surface area (Å²) in [5.41, 5.74) is 2.61. The predicted octanol–water partition coefficient (Wildman–Crippen LogP) is 2.47. The van der Waals surface area contributed by atoms with Gasteiger partial charge < -0.3 is 4.74 Å². The molecular weight excluding hydrogens is 238 g/mol. The van der Waals surface area contributed by atoms with E-state index in [4.69, 9.17) is 4.74 Å². The molecule has 0 spiro atoms. The lowest BCUT2D eigenvalue weighted by molar-refractivity contribution is -0.673. The molecule has 96 valence electrons. The first-order valence-electron chi connectivity index (χ1n) is 6.02. The number of hydrogen-bond acceptors (Lipinski definition) is 2. The van der Waals surface area contributed by atoms with E-state index in [-0.39, 0.29) is 5.97 Å². The van der Waals surface area contributed by atoms with Crippen molar-refractivity contribution in [1.29, 1.82) is 0 Å². The molecule has 0 aliphatic heterocycles. The number of nitrogens with zero attached hydrogens (tertiary/aromatic N) is 1. The molecule has 19 heavy (non-hydrogen) atoms. The van der Waals surface area contributed by atoms with Crippen LogP contribution in [-0.4, -0.2) is 13.1 Å². The highest BCUT2D eigenvalue weighted by Gasteiger charge is 2.04. The molecular formula is C16H16NO2+. The predicted molar refractivity (Wildman–Crippen MR) is 74.3 cm³/mol. The van der Waals surface area contributed by atoms with Crippen LogP contribution in [0.15, 0.2) is 48.7 Å². The molecule has 1 aromatic carbocycles. The summed E-state index contributed by atoms with van der Waals surface area (Å²) in [6, 6.07) is 13.3. The van der Waals surface area contributed by atoms with Gasteiger partial charge in [0.05, 0.1) is 12.7 Å². The zero-order chi connectivity index (χ0) is 13.7. The maximum Gasteiger partial charge on any atom is 0.337 e. The molecule has 1 aromatic heterocycles. The Hall–Kier alpha value is -2.42. The standard InChI is InChI=1S/C16H16NO2/c1-17-11-4-3-8-15(17)10-9-13-6-5-7-14(12-13)16(18)19-2/h3-12H,1-2H3/q+1/b10-9+. The summed E-state index contributed by atoms with van der Waals surface area (Å²) in [7, 11) is 3.37. The summed E-state index contributed by atoms with van der Waals surface area (Å²) < 4.78 is 6.73. The number of rotatable bonds is 3. The van der Waals surface area contributed by atoms with Crippen LogP contribution >= 0.6 is 0 Å². The number of benzene rings is 1. The highest BCUT2D eigenvalue weighted by atomic mass is 16.5. The van der Waals surface area contributed by atoms with Gasteiger partial charge in [0.1, 0.15) is 7.05 Å². The molecule has 0 bridgehead atoms. The van der Waals surface area contributed by atoms with Crippen LogP contribution < -0.4 is 4.57 Å². The van der Waals surface area contributed by atoms with Crippen molar-refractivity contribution >= 4 is 18.1 Å². The van der Waals surface area contributed by atoms with Crippen LogP contribution in [-0.2, 0) is 11.8 Å². The number of aryl methyl sites for hydroxylation is 1. The number of esters is 1. The van der Waals surface area contributed by atoms with E-state index in [1.165, 1.54) is 7.11 Å². The van der Waals surface area contributed by atoms with Gasteiger partial charge >= 0.3 is 5.97 Å². The average Bonchev–Trinajstić information content (AvgIpc) is 2.46. The van der Waals surface area contributed by atoms with Crippen molar-refractivity contribution in [1.82, 2.24) is 0 Å². The van der Waals surface area contributed by atoms with E-state index >= 15 is 0 Å². The van der Waals surface area contributed by atoms with E-state index in [9.17, 15) is 4.79 Å². The van der Waals surface area contributed by atoms with E-state index in [2.05, 4.69) is 0 Å². The second-order valence-electron chi connectivity index (χ2n) is 4.19. The molecule has 3 nitrogen and oxygen atoms in total. The Kier molecular flexibility index (Phi) is 4.08. The van der Waals surface area contributed by atoms with Crippen LogP contribution in [0.25, 0.3) is 12.2 Å². The van der Waals surface area contributed by atoms with E-state index in [0.717, 1.165) is 11.3 Å². The number of methoxy groups -OCH3 is 1. The molecule has 0 atom stereocenters. The van der Waals surface area contributed by atoms with Gasteiger partial charge in [0.2, 0.25) is 5.69 Å². The normalized spacial score (nSPS) is 10.6. The van der Waals surface area contributed by atoms with Crippen LogP contribution in [0.3, 0.4) is 0 Å². The van der Waals surface area contributed by atoms with Crippen LogP contribution in [0.5, 0.6) is 0 Å². The van der Waals surface area contributed by atoms with Gasteiger partial charge in [-0.05, 0) is 29.8 Å². The van der Waals surface area contributed by atoms with E-state index in [1.54, 1.807) is 6.07 Å². The van der Waals surface area contributed by atoms with Gasteiger partial charge in [0.25, 0.3) is 0 Å². The molecule has 0 saturated heterocycles. The summed E-state index contributed by atoms with van der Waals surface area (Å²) in [5, 5.41) is 0. The van der Waals surface area contributed by atoms with Gasteiger partial charge in [-0.15, -0.1) is 0 Å². The Bertz CT molecular complexity index is 618. The topological polar surface area (TPSA) is 30.2 Å². The summed E-state index contributed by atoms with van der Waals surface area (Å²) in [5.74, 6) is -0.319. The fourth-order valence-corrected chi connectivity index (χ4v) is 1.78. The molecule has 3 heteroatoms. The van der Waals surface area contributed by atoms with Crippen molar-refractivity contribution in [2.45, 2.75) is 0 Å². The Morgan fingerprint density at radius 1 is 1.16 bits per heavy atom. The average molecular weight is 254 g/mol. The van der Waals surface area contributed by atoms with Gasteiger partial charge in [-0.3, -0.25) is 0 Å². The lowest BCUT2D eigenvalue weighted by atomic mass is 10.1. The second kappa shape index (κ2) is 5.96. The first-order chi connectivity index (χ1) is 9.20. The van der Waals surface area contributed by atoms with Crippen LogP contribution in [0.4, 0.5) is 0 Å². The Balaban J connectivity index is 2.24. The Labute approximate surface area is 112 Å². The van der Waals surface area contributed by atoms with Gasteiger partial charge in [-0.2, -0.15) is 0 Å². The first kappa shape index (κ1) is 13.0. The first-order valence-corrected chi connectivity index (χ1v) is 6.02. The molecule has 1 heterocycles. The third-order valence-corrected chi connectivity index (χ3v) is 2.85. The molecule has 2 rings (SSSR count). The molecule has 0 aliphatic carbocycles. The zero-order valence-corrected chi connectivity index (χ0v) is 11.0. The van der Waals surface area contributed by atoms with Gasteiger partial charge in [-0.1, -0.05) is 12.1 Å². The van der Waals surface area contributed by atoms with Crippen molar-refractivity contribution < 1.29 is 14.1 Å². The van der Waals surface area contributed by atoms with Crippen LogP contribution in [0, 0.1) is 0 Å². The Morgan fingerprint density at radius 3 is 2.74 bits per heavy atom. The summed E-state index contributed by atoms with van der Waals surface area (Å²) in [6.07, 6.45) is 5.97. The fraction of sp³-hybridized carbons (Fsp3) is 0.125. The number of aromatic nitrogens is 1. The number of carbonyl (C=O) groups is 1. The lowest BCUT2D eigenvalue weighted by Gasteiger charge is -2.00. The molecule has 0 saturated carbocycles. The van der Waals surface area contributed by atoms with Crippen molar-refractivity contribution in [3.8, 4) is 0 Å². The van der Waals surface area contributed by atoms with Crippen molar-refractivity contribution in [2.24, 2.45) is 7.05 Å². The molecule has 0 amide bonds. The molecule has 0 N–H and O–H groups in total. The Morgan fingerprint density at radius 2 is 2.00 bits per heavy atom. The summed E-state index contributed by atoms with van der Waals surface area (Å²) in [4.78, 5) is 11.4. The smallest absolute Gasteiger partial charge is 0.337 e. The van der Waals surface area contributed by atoms with Crippen molar-refractivity contribution in [3.63, 3.8) is 0 Å². The maximum absolute atomic E-state index is 11.4. The maximum atomic E-state index is 11.4. The van der Waals surface area contributed by atoms with Crippen LogP contribution in [0.2, 0.25) is 0 Å². The minimum atomic E-state index is -0.319. The number of pyridine rings is 1.